The summed E-state index contributed by atoms with van der Waals surface area (Å²) in [6.07, 6.45) is 0.743. The van der Waals surface area contributed by atoms with Gasteiger partial charge in [0, 0.05) is 0 Å². The summed E-state index contributed by atoms with van der Waals surface area (Å²) in [4.78, 5) is 0. The fourth-order valence-corrected chi connectivity index (χ4v) is 9.04. The van der Waals surface area contributed by atoms with E-state index in [1.165, 1.54) is 10.6 Å². The summed E-state index contributed by atoms with van der Waals surface area (Å²) >= 11 is 0. The van der Waals surface area contributed by atoms with Gasteiger partial charge >= 0.3 is 7.60 Å². The van der Waals surface area contributed by atoms with Crippen LogP contribution in [0.25, 0.3) is 0 Å². The van der Waals surface area contributed by atoms with Gasteiger partial charge in [-0.25, -0.2) is 0 Å². The maximum atomic E-state index is 13.5. The fraction of sp³-hybridized carbons (Fsp3) is 0.368. The summed E-state index contributed by atoms with van der Waals surface area (Å²) in [7, 11) is -4.03. The molecule has 0 saturated heterocycles. The molecule has 130 valence electrons. The maximum absolute atomic E-state index is 13.5. The van der Waals surface area contributed by atoms with Crippen molar-refractivity contribution in [1.29, 1.82) is 0 Å². The molecule has 2 aromatic carbocycles. The molecule has 0 amide bonds. The van der Waals surface area contributed by atoms with Crippen LogP contribution in [-0.2, 0) is 13.6 Å². The highest BCUT2D eigenvalue weighted by Crippen LogP contribution is 2.65. The molecule has 0 N–H and O–H groups in total. The summed E-state index contributed by atoms with van der Waals surface area (Å²) in [5, 5.41) is 2.24. The van der Waals surface area contributed by atoms with Gasteiger partial charge in [-0.1, -0.05) is 67.6 Å². The number of hydrogen-bond acceptors (Lipinski definition) is 3. The number of hydrogen-bond donors (Lipinski definition) is 0. The van der Waals surface area contributed by atoms with Gasteiger partial charge in [-0.3, -0.25) is 4.57 Å². The summed E-state index contributed by atoms with van der Waals surface area (Å²) in [5.41, 5.74) is 0. The van der Waals surface area contributed by atoms with Crippen LogP contribution in [0.15, 0.2) is 60.7 Å². The first-order valence-corrected chi connectivity index (χ1v) is 11.5. The molecular weight excluding hydrogens is 338 g/mol. The largest absolute Gasteiger partial charge is 0.338 e. The van der Waals surface area contributed by atoms with Crippen molar-refractivity contribution in [2.45, 2.75) is 32.6 Å². The van der Waals surface area contributed by atoms with Crippen LogP contribution in [0.3, 0.4) is 0 Å². The lowest BCUT2D eigenvalue weighted by atomic mass is 10.4. The standard InChI is InChI=1S/C19H26O3P2/c1-4-19(24(20,21-5-2)22-6-3)23(17-13-9-7-10-14-17)18-15-11-8-12-16-18/h7-16,19H,4-6H2,1-3H3. The molecule has 0 aromatic heterocycles. The van der Waals surface area contributed by atoms with E-state index in [1.54, 1.807) is 0 Å². The van der Waals surface area contributed by atoms with E-state index < -0.39 is 15.5 Å². The first-order valence-electron chi connectivity index (χ1n) is 8.44. The SMILES string of the molecule is CCOP(=O)(OCC)C(CC)P(c1ccccc1)c1ccccc1. The molecule has 0 bridgehead atoms. The molecule has 0 heterocycles. The predicted octanol–water partition coefficient (Wildman–Crippen LogP) is 5.12. The predicted molar refractivity (Wildman–Crippen MR) is 104 cm³/mol. The Kier molecular flexibility index (Phi) is 7.65. The van der Waals surface area contributed by atoms with Gasteiger partial charge in [0.25, 0.3) is 0 Å². The van der Waals surface area contributed by atoms with E-state index in [4.69, 9.17) is 9.05 Å². The van der Waals surface area contributed by atoms with Crippen molar-refractivity contribution in [3.05, 3.63) is 60.7 Å². The third-order valence-electron chi connectivity index (χ3n) is 3.72. The molecule has 2 rings (SSSR count). The molecule has 0 aliphatic carbocycles. The lowest BCUT2D eigenvalue weighted by Crippen LogP contribution is -2.23. The zero-order chi connectivity index (χ0) is 17.4. The van der Waals surface area contributed by atoms with Gasteiger partial charge in [-0.05, 0) is 38.8 Å². The van der Waals surface area contributed by atoms with Crippen LogP contribution in [0, 0.1) is 0 Å². The molecule has 2 aromatic rings. The van der Waals surface area contributed by atoms with Crippen LogP contribution < -0.4 is 10.6 Å². The third-order valence-corrected chi connectivity index (χ3v) is 10.3. The van der Waals surface area contributed by atoms with E-state index in [0.717, 1.165) is 6.42 Å². The van der Waals surface area contributed by atoms with Gasteiger partial charge in [0.1, 0.15) is 0 Å². The Labute approximate surface area is 146 Å². The topological polar surface area (TPSA) is 35.5 Å². The highest BCUT2D eigenvalue weighted by Gasteiger charge is 2.41. The molecule has 0 fully saturated rings. The molecule has 1 atom stereocenters. The minimum absolute atomic E-state index is 0.155. The van der Waals surface area contributed by atoms with Gasteiger partial charge in [-0.2, -0.15) is 0 Å². The molecule has 5 heteroatoms. The minimum Gasteiger partial charge on any atom is -0.308 e. The Morgan fingerprint density at radius 2 is 1.25 bits per heavy atom. The van der Waals surface area contributed by atoms with E-state index in [0.29, 0.717) is 13.2 Å². The van der Waals surface area contributed by atoms with Crippen molar-refractivity contribution >= 4 is 26.1 Å². The van der Waals surface area contributed by atoms with Crippen LogP contribution >= 0.6 is 15.5 Å². The molecule has 0 aliphatic heterocycles. The minimum atomic E-state index is -3.19. The molecule has 0 saturated carbocycles. The third kappa shape index (κ3) is 4.55. The molecule has 0 spiro atoms. The quantitative estimate of drug-likeness (QED) is 0.579. The Morgan fingerprint density at radius 1 is 0.833 bits per heavy atom. The van der Waals surface area contributed by atoms with E-state index in [2.05, 4.69) is 31.2 Å². The molecular formula is C19H26O3P2. The second-order valence-corrected chi connectivity index (χ2v) is 10.3. The van der Waals surface area contributed by atoms with Gasteiger partial charge in [0.2, 0.25) is 0 Å². The van der Waals surface area contributed by atoms with Crippen LogP contribution in [0.2, 0.25) is 0 Å². The van der Waals surface area contributed by atoms with E-state index >= 15 is 0 Å². The summed E-state index contributed by atoms with van der Waals surface area (Å²) in [5.74, 6) is 0. The Bertz CT molecular complexity index is 597. The Morgan fingerprint density at radius 3 is 1.58 bits per heavy atom. The maximum Gasteiger partial charge on any atom is 0.338 e. The summed E-state index contributed by atoms with van der Waals surface area (Å²) in [6, 6.07) is 20.6. The smallest absolute Gasteiger partial charge is 0.308 e. The molecule has 1 unspecified atom stereocenters. The first-order chi connectivity index (χ1) is 11.7. The van der Waals surface area contributed by atoms with Crippen LogP contribution in [-0.4, -0.2) is 18.6 Å². The second kappa shape index (κ2) is 9.49. The summed E-state index contributed by atoms with van der Waals surface area (Å²) in [6.45, 7) is 6.58. The van der Waals surface area contributed by atoms with E-state index in [9.17, 15) is 4.57 Å². The molecule has 0 radical (unpaired) electrons. The van der Waals surface area contributed by atoms with Gasteiger partial charge < -0.3 is 9.05 Å². The Balaban J connectivity index is 2.53. The van der Waals surface area contributed by atoms with Gasteiger partial charge in [-0.15, -0.1) is 0 Å². The number of rotatable bonds is 9. The van der Waals surface area contributed by atoms with Gasteiger partial charge in [0.15, 0.2) is 0 Å². The average Bonchev–Trinajstić information content (AvgIpc) is 2.61. The molecule has 3 nitrogen and oxygen atoms in total. The lowest BCUT2D eigenvalue weighted by Gasteiger charge is -2.32. The van der Waals surface area contributed by atoms with Crippen molar-refractivity contribution in [2.75, 3.05) is 13.2 Å². The van der Waals surface area contributed by atoms with Crippen molar-refractivity contribution in [3.8, 4) is 0 Å². The van der Waals surface area contributed by atoms with Crippen molar-refractivity contribution in [1.82, 2.24) is 0 Å². The van der Waals surface area contributed by atoms with E-state index in [-0.39, 0.29) is 5.40 Å². The van der Waals surface area contributed by atoms with Crippen molar-refractivity contribution in [3.63, 3.8) is 0 Å². The lowest BCUT2D eigenvalue weighted by molar-refractivity contribution is 0.217. The fourth-order valence-electron chi connectivity index (χ4n) is 2.79. The van der Waals surface area contributed by atoms with Gasteiger partial charge in [0.05, 0.1) is 18.6 Å². The zero-order valence-electron chi connectivity index (χ0n) is 14.6. The first kappa shape index (κ1) is 19.3. The van der Waals surface area contributed by atoms with Crippen LogP contribution in [0.4, 0.5) is 0 Å². The average molecular weight is 364 g/mol. The highest BCUT2D eigenvalue weighted by molar-refractivity contribution is 7.83. The number of benzene rings is 2. The Hall–Kier alpha value is -0.980. The molecule has 24 heavy (non-hydrogen) atoms. The van der Waals surface area contributed by atoms with Crippen molar-refractivity contribution < 1.29 is 13.6 Å². The van der Waals surface area contributed by atoms with E-state index in [1.807, 2.05) is 50.2 Å². The highest BCUT2D eigenvalue weighted by atomic mass is 31.2. The monoisotopic (exact) mass is 364 g/mol. The second-order valence-electron chi connectivity index (χ2n) is 5.31. The normalized spacial score (nSPS) is 13.2. The zero-order valence-corrected chi connectivity index (χ0v) is 16.4. The summed E-state index contributed by atoms with van der Waals surface area (Å²) < 4.78 is 24.9. The van der Waals surface area contributed by atoms with Crippen LogP contribution in [0.5, 0.6) is 0 Å². The molecule has 0 aliphatic rings. The van der Waals surface area contributed by atoms with Crippen LogP contribution in [0.1, 0.15) is 27.2 Å². The van der Waals surface area contributed by atoms with Crippen molar-refractivity contribution in [2.24, 2.45) is 0 Å².